The predicted molar refractivity (Wildman–Crippen MR) is 129 cm³/mol. The molecule has 0 aliphatic rings. The average molecular weight is 429 g/mol. The van der Waals surface area contributed by atoms with Crippen LogP contribution in [0.4, 0.5) is 0 Å². The summed E-state index contributed by atoms with van der Waals surface area (Å²) in [6.45, 7) is 4.54. The largest absolute Gasteiger partial charge is 0.497 e. The monoisotopic (exact) mass is 428 g/mol. The number of hydrogen-bond donors (Lipinski definition) is 2. The van der Waals surface area contributed by atoms with Crippen LogP contribution in [0.25, 0.3) is 22.2 Å². The van der Waals surface area contributed by atoms with Crippen LogP contribution >= 0.6 is 0 Å². The third-order valence-corrected chi connectivity index (χ3v) is 5.27. The van der Waals surface area contributed by atoms with Crippen molar-refractivity contribution in [1.29, 1.82) is 0 Å². The van der Waals surface area contributed by atoms with E-state index in [-0.39, 0.29) is 0 Å². The lowest BCUT2D eigenvalue weighted by Crippen LogP contribution is -2.04. The summed E-state index contributed by atoms with van der Waals surface area (Å²) in [7, 11) is 1.66. The molecule has 5 nitrogen and oxygen atoms in total. The van der Waals surface area contributed by atoms with E-state index in [0.717, 1.165) is 29.0 Å². The number of nitrogens with two attached hydrogens (primary N) is 1. The molecule has 0 saturated heterocycles. The first-order valence-corrected chi connectivity index (χ1v) is 10.5. The Hall–Kier alpha value is -3.70. The lowest BCUT2D eigenvalue weighted by Gasteiger charge is -2.12. The van der Waals surface area contributed by atoms with Gasteiger partial charge in [-0.2, -0.15) is 0 Å². The number of aromatic carboxylic acids is 1. The number of carboxylic acids is 1. The second-order valence-corrected chi connectivity index (χ2v) is 7.54. The van der Waals surface area contributed by atoms with Gasteiger partial charge >= 0.3 is 5.97 Å². The van der Waals surface area contributed by atoms with Crippen molar-refractivity contribution in [2.24, 2.45) is 5.73 Å². The molecule has 3 aromatic carbocycles. The highest BCUT2D eigenvalue weighted by Gasteiger charge is 2.17. The number of ether oxygens (including phenoxy) is 1. The first-order valence-electron chi connectivity index (χ1n) is 10.5. The molecule has 1 aromatic heterocycles. The number of nitrogens with zero attached hydrogens (tertiary/aromatic N) is 1. The number of hydrogen-bond acceptors (Lipinski definition) is 4. The van der Waals surface area contributed by atoms with Gasteiger partial charge in [-0.25, -0.2) is 9.78 Å². The van der Waals surface area contributed by atoms with E-state index in [1.807, 2.05) is 80.6 Å². The predicted octanol–water partition coefficient (Wildman–Crippen LogP) is 5.41. The van der Waals surface area contributed by atoms with E-state index in [1.165, 1.54) is 5.56 Å². The van der Waals surface area contributed by atoms with Gasteiger partial charge in [0.2, 0.25) is 0 Å². The molecule has 0 atom stereocenters. The highest BCUT2D eigenvalue weighted by Crippen LogP contribution is 2.29. The molecular weight excluding hydrogens is 400 g/mol. The van der Waals surface area contributed by atoms with E-state index in [1.54, 1.807) is 13.2 Å². The van der Waals surface area contributed by atoms with Crippen LogP contribution in [0.2, 0.25) is 0 Å². The van der Waals surface area contributed by atoms with Gasteiger partial charge in [0.25, 0.3) is 0 Å². The minimum Gasteiger partial charge on any atom is -0.497 e. The van der Waals surface area contributed by atoms with Gasteiger partial charge in [-0.15, -0.1) is 0 Å². The van der Waals surface area contributed by atoms with Crippen LogP contribution in [0.3, 0.4) is 0 Å². The number of pyridine rings is 1. The number of aromatic nitrogens is 1. The summed E-state index contributed by atoms with van der Waals surface area (Å²) < 4.78 is 5.02. The van der Waals surface area contributed by atoms with E-state index < -0.39 is 5.97 Å². The highest BCUT2D eigenvalue weighted by molar-refractivity contribution is 6.05. The highest BCUT2D eigenvalue weighted by atomic mass is 16.5. The molecule has 164 valence electrons. The number of fused-ring (bicyclic) bond motifs is 1. The lowest BCUT2D eigenvalue weighted by atomic mass is 9.97. The molecule has 3 N–H and O–H groups in total. The normalized spacial score (nSPS) is 10.4. The van der Waals surface area contributed by atoms with E-state index in [9.17, 15) is 9.90 Å². The fourth-order valence-electron chi connectivity index (χ4n) is 3.53. The van der Waals surface area contributed by atoms with Crippen molar-refractivity contribution in [1.82, 2.24) is 4.98 Å². The van der Waals surface area contributed by atoms with Gasteiger partial charge in [0.1, 0.15) is 5.75 Å². The number of benzene rings is 3. The Labute approximate surface area is 188 Å². The molecule has 5 heteroatoms. The molecule has 4 aromatic rings. The molecule has 0 aliphatic carbocycles. The first-order chi connectivity index (χ1) is 15.4. The minimum absolute atomic E-state index is 0.330. The van der Waals surface area contributed by atoms with Crippen LogP contribution in [0.15, 0.2) is 72.8 Å². The molecule has 0 bridgehead atoms. The second-order valence-electron chi connectivity index (χ2n) is 7.54. The Morgan fingerprint density at radius 1 is 0.969 bits per heavy atom. The van der Waals surface area contributed by atoms with Crippen molar-refractivity contribution < 1.29 is 14.6 Å². The molecule has 0 saturated carbocycles. The van der Waals surface area contributed by atoms with Gasteiger partial charge < -0.3 is 15.6 Å². The van der Waals surface area contributed by atoms with Gasteiger partial charge in [0, 0.05) is 10.9 Å². The Balaban J connectivity index is 0.000000222. The SMILES string of the molecule is COc1ccc(CCN)cc1.Cc1ccc(-c2nc3ccccc3c(C(=O)O)c2C)cc1. The number of para-hydroxylation sites is 1. The van der Waals surface area contributed by atoms with Crippen LogP contribution in [0.5, 0.6) is 5.75 Å². The van der Waals surface area contributed by atoms with Crippen molar-refractivity contribution in [3.63, 3.8) is 0 Å². The summed E-state index contributed by atoms with van der Waals surface area (Å²) in [6, 6.07) is 23.3. The smallest absolute Gasteiger partial charge is 0.336 e. The summed E-state index contributed by atoms with van der Waals surface area (Å²) in [5, 5.41) is 10.2. The molecule has 4 rings (SSSR count). The summed E-state index contributed by atoms with van der Waals surface area (Å²) in [5.41, 5.74) is 11.2. The number of methoxy groups -OCH3 is 1. The summed E-state index contributed by atoms with van der Waals surface area (Å²) >= 11 is 0. The summed E-state index contributed by atoms with van der Waals surface area (Å²) in [5.74, 6) is -0.0229. The van der Waals surface area contributed by atoms with Gasteiger partial charge in [-0.3, -0.25) is 0 Å². The zero-order chi connectivity index (χ0) is 23.1. The Morgan fingerprint density at radius 3 is 2.22 bits per heavy atom. The van der Waals surface area contributed by atoms with Crippen LogP contribution in [0.1, 0.15) is 27.0 Å². The molecule has 0 unspecified atom stereocenters. The van der Waals surface area contributed by atoms with Crippen LogP contribution in [-0.4, -0.2) is 29.7 Å². The lowest BCUT2D eigenvalue weighted by molar-refractivity contribution is 0.0698. The number of aryl methyl sites for hydroxylation is 1. The Morgan fingerprint density at radius 2 is 1.62 bits per heavy atom. The van der Waals surface area contributed by atoms with Crippen molar-refractivity contribution >= 4 is 16.9 Å². The van der Waals surface area contributed by atoms with E-state index in [2.05, 4.69) is 4.98 Å². The van der Waals surface area contributed by atoms with E-state index in [4.69, 9.17) is 10.5 Å². The molecule has 0 radical (unpaired) electrons. The van der Waals surface area contributed by atoms with Crippen molar-refractivity contribution in [3.8, 4) is 17.0 Å². The molecule has 0 spiro atoms. The standard InChI is InChI=1S/C18H15NO2.C9H13NO/c1-11-7-9-13(10-8-11)17-12(2)16(18(20)21)14-5-3-4-6-15(14)19-17;1-11-9-4-2-8(3-5-9)6-7-10/h3-10H,1-2H3,(H,20,21);2-5H,6-7,10H2,1H3. The first kappa shape index (κ1) is 23.0. The summed E-state index contributed by atoms with van der Waals surface area (Å²) in [4.78, 5) is 16.3. The third-order valence-electron chi connectivity index (χ3n) is 5.27. The summed E-state index contributed by atoms with van der Waals surface area (Å²) in [6.07, 6.45) is 0.935. The van der Waals surface area contributed by atoms with Crippen molar-refractivity contribution in [2.75, 3.05) is 13.7 Å². The van der Waals surface area contributed by atoms with Crippen LogP contribution in [-0.2, 0) is 6.42 Å². The molecular formula is C27H28N2O3. The van der Waals surface area contributed by atoms with Crippen LogP contribution < -0.4 is 10.5 Å². The number of rotatable bonds is 5. The second kappa shape index (κ2) is 10.6. The zero-order valence-electron chi connectivity index (χ0n) is 18.6. The molecule has 1 heterocycles. The molecule has 0 amide bonds. The number of carboxylic acid groups (broad SMARTS) is 1. The minimum atomic E-state index is -0.917. The topological polar surface area (TPSA) is 85.4 Å². The average Bonchev–Trinajstić information content (AvgIpc) is 2.80. The zero-order valence-corrected chi connectivity index (χ0v) is 18.6. The van der Waals surface area contributed by atoms with E-state index in [0.29, 0.717) is 28.6 Å². The maximum atomic E-state index is 11.6. The van der Waals surface area contributed by atoms with E-state index >= 15 is 0 Å². The fourth-order valence-corrected chi connectivity index (χ4v) is 3.53. The van der Waals surface area contributed by atoms with Crippen molar-refractivity contribution in [3.05, 3.63) is 95.1 Å². The van der Waals surface area contributed by atoms with Gasteiger partial charge in [0.15, 0.2) is 0 Å². The molecule has 32 heavy (non-hydrogen) atoms. The Kier molecular flexibility index (Phi) is 7.58. The van der Waals surface area contributed by atoms with Gasteiger partial charge in [-0.1, -0.05) is 60.2 Å². The van der Waals surface area contributed by atoms with Crippen LogP contribution in [0, 0.1) is 13.8 Å². The third kappa shape index (κ3) is 5.31. The fraction of sp³-hybridized carbons (Fsp3) is 0.185. The van der Waals surface area contributed by atoms with Gasteiger partial charge in [0.05, 0.1) is 23.9 Å². The maximum absolute atomic E-state index is 11.6. The molecule has 0 fully saturated rings. The molecule has 0 aliphatic heterocycles. The maximum Gasteiger partial charge on any atom is 0.336 e. The van der Waals surface area contributed by atoms with Crippen molar-refractivity contribution in [2.45, 2.75) is 20.3 Å². The number of carbonyl (C=O) groups is 1. The quantitative estimate of drug-likeness (QED) is 0.444. The Bertz CT molecular complexity index is 1200. The van der Waals surface area contributed by atoms with Gasteiger partial charge in [-0.05, 0) is 56.1 Å².